The number of ether oxygens (including phenoxy) is 1. The first-order valence-corrected chi connectivity index (χ1v) is 11.8. The Labute approximate surface area is 212 Å². The van der Waals surface area contributed by atoms with E-state index in [0.717, 1.165) is 22.7 Å². The van der Waals surface area contributed by atoms with Gasteiger partial charge in [0.15, 0.2) is 5.78 Å². The van der Waals surface area contributed by atoms with Crippen LogP contribution in [0.1, 0.15) is 59.9 Å². The molecule has 0 aliphatic rings. The van der Waals surface area contributed by atoms with Gasteiger partial charge in [0.2, 0.25) is 0 Å². The SMILES string of the molecule is CCOC(=O)c1sc(CC(=O)/C(C#N)=C/c2cc(C)n(-c3cccc(C(=O)O)c3)c2C)c(C#N)c1C. The molecule has 1 N–H and O–H groups in total. The van der Waals surface area contributed by atoms with Gasteiger partial charge in [-0.15, -0.1) is 11.3 Å². The third-order valence-corrected chi connectivity index (χ3v) is 6.93. The van der Waals surface area contributed by atoms with Gasteiger partial charge in [0, 0.05) is 28.4 Å². The summed E-state index contributed by atoms with van der Waals surface area (Å²) in [6.45, 7) is 7.15. The van der Waals surface area contributed by atoms with Crippen molar-refractivity contribution < 1.29 is 24.2 Å². The molecule has 2 heterocycles. The zero-order chi connectivity index (χ0) is 26.6. The van der Waals surface area contributed by atoms with E-state index in [0.29, 0.717) is 21.7 Å². The zero-order valence-electron chi connectivity index (χ0n) is 20.2. The van der Waals surface area contributed by atoms with Crippen LogP contribution >= 0.6 is 11.3 Å². The summed E-state index contributed by atoms with van der Waals surface area (Å²) in [5, 5.41) is 28.6. The lowest BCUT2D eigenvalue weighted by Gasteiger charge is -2.10. The molecule has 8 nitrogen and oxygen atoms in total. The number of Topliss-reactive ketones (excluding diaryl/α,β-unsaturated/α-hetero) is 1. The predicted molar refractivity (Wildman–Crippen MR) is 134 cm³/mol. The summed E-state index contributed by atoms with van der Waals surface area (Å²) in [5.41, 5.74) is 3.55. The van der Waals surface area contributed by atoms with Gasteiger partial charge in [-0.3, -0.25) is 4.79 Å². The number of aromatic carboxylic acids is 1. The molecule has 0 saturated carbocycles. The summed E-state index contributed by atoms with van der Waals surface area (Å²) in [6, 6.07) is 12.3. The molecular formula is C27H23N3O5S. The molecule has 0 bridgehead atoms. The van der Waals surface area contributed by atoms with E-state index in [-0.39, 0.29) is 34.6 Å². The van der Waals surface area contributed by atoms with E-state index >= 15 is 0 Å². The number of nitriles is 2. The van der Waals surface area contributed by atoms with Crippen molar-refractivity contribution >= 4 is 35.1 Å². The number of hydrogen-bond donors (Lipinski definition) is 1. The molecule has 0 aliphatic carbocycles. The molecule has 0 fully saturated rings. The number of allylic oxidation sites excluding steroid dienone is 1. The lowest BCUT2D eigenvalue weighted by Crippen LogP contribution is -2.05. The number of carbonyl (C=O) groups is 3. The highest BCUT2D eigenvalue weighted by Gasteiger charge is 2.24. The Hall–Kier alpha value is -4.47. The van der Waals surface area contributed by atoms with Gasteiger partial charge < -0.3 is 14.4 Å². The Bertz CT molecular complexity index is 1490. The molecule has 0 spiro atoms. The fourth-order valence-corrected chi connectivity index (χ4v) is 5.06. The molecule has 0 atom stereocenters. The van der Waals surface area contributed by atoms with Crippen LogP contribution in [0.4, 0.5) is 0 Å². The summed E-state index contributed by atoms with van der Waals surface area (Å²) >= 11 is 1.03. The van der Waals surface area contributed by atoms with Gasteiger partial charge in [0.25, 0.3) is 0 Å². The second kappa shape index (κ2) is 10.9. The van der Waals surface area contributed by atoms with Crippen LogP contribution in [0.5, 0.6) is 0 Å². The molecule has 1 aromatic carbocycles. The second-order valence-electron chi connectivity index (χ2n) is 7.97. The number of aromatic nitrogens is 1. The molecule has 0 saturated heterocycles. The molecule has 2 aromatic heterocycles. The minimum Gasteiger partial charge on any atom is -0.478 e. The number of carboxylic acid groups (broad SMARTS) is 1. The summed E-state index contributed by atoms with van der Waals surface area (Å²) in [7, 11) is 0. The minimum atomic E-state index is -1.04. The number of hydrogen-bond acceptors (Lipinski definition) is 7. The van der Waals surface area contributed by atoms with Crippen molar-refractivity contribution in [1.82, 2.24) is 4.57 Å². The number of esters is 1. The van der Waals surface area contributed by atoms with Gasteiger partial charge >= 0.3 is 11.9 Å². The minimum absolute atomic E-state index is 0.0952. The number of aryl methyl sites for hydroxylation is 1. The monoisotopic (exact) mass is 501 g/mol. The number of thiophene rings is 1. The fourth-order valence-electron chi connectivity index (χ4n) is 3.92. The quantitative estimate of drug-likeness (QED) is 0.263. The van der Waals surface area contributed by atoms with Crippen LogP contribution in [0.2, 0.25) is 0 Å². The maximum absolute atomic E-state index is 13.0. The Morgan fingerprint density at radius 1 is 1.17 bits per heavy atom. The lowest BCUT2D eigenvalue weighted by molar-refractivity contribution is -0.114. The lowest BCUT2D eigenvalue weighted by atomic mass is 10.0. The third kappa shape index (κ3) is 5.12. The van der Waals surface area contributed by atoms with Crippen LogP contribution in [0, 0.1) is 43.4 Å². The Balaban J connectivity index is 1.96. The highest BCUT2D eigenvalue weighted by Crippen LogP contribution is 2.30. The van der Waals surface area contributed by atoms with E-state index < -0.39 is 17.7 Å². The maximum atomic E-state index is 13.0. The van der Waals surface area contributed by atoms with E-state index in [9.17, 15) is 30.0 Å². The standard InChI is InChI=1S/C27H23N3O5S/c1-5-35-27(34)25-16(3)22(14-29)24(36-25)12-23(31)20(13-28)10-19-9-15(2)30(17(19)4)21-8-6-7-18(11-21)26(32)33/h6-11H,5,12H2,1-4H3,(H,32,33)/b20-10+. The molecular weight excluding hydrogens is 478 g/mol. The number of rotatable bonds is 8. The summed E-state index contributed by atoms with van der Waals surface area (Å²) in [4.78, 5) is 37.3. The number of nitrogens with zero attached hydrogens (tertiary/aromatic N) is 3. The van der Waals surface area contributed by atoms with Gasteiger partial charge in [0.1, 0.15) is 17.0 Å². The fraction of sp³-hybridized carbons (Fsp3) is 0.222. The number of carbonyl (C=O) groups excluding carboxylic acids is 2. The first-order valence-electron chi connectivity index (χ1n) is 11.0. The van der Waals surface area contributed by atoms with Crippen molar-refractivity contribution in [1.29, 1.82) is 10.5 Å². The maximum Gasteiger partial charge on any atom is 0.348 e. The Morgan fingerprint density at radius 3 is 2.50 bits per heavy atom. The van der Waals surface area contributed by atoms with Crippen LogP contribution < -0.4 is 0 Å². The molecule has 0 radical (unpaired) electrons. The van der Waals surface area contributed by atoms with Crippen LogP contribution in [0.15, 0.2) is 35.9 Å². The number of carboxylic acids is 1. The molecule has 3 rings (SSSR count). The molecule has 0 amide bonds. The normalized spacial score (nSPS) is 11.0. The smallest absolute Gasteiger partial charge is 0.348 e. The average Bonchev–Trinajstić information content (AvgIpc) is 3.31. The van der Waals surface area contributed by atoms with Crippen molar-refractivity contribution in [2.75, 3.05) is 6.61 Å². The summed E-state index contributed by atoms with van der Waals surface area (Å²) in [6.07, 6.45) is 1.29. The van der Waals surface area contributed by atoms with Crippen LogP contribution in [-0.2, 0) is 16.0 Å². The van der Waals surface area contributed by atoms with Crippen molar-refractivity contribution in [2.45, 2.75) is 34.1 Å². The van der Waals surface area contributed by atoms with Gasteiger partial charge in [-0.2, -0.15) is 10.5 Å². The highest BCUT2D eigenvalue weighted by molar-refractivity contribution is 7.14. The predicted octanol–water partition coefficient (Wildman–Crippen LogP) is 4.93. The van der Waals surface area contributed by atoms with Crippen LogP contribution in [0.25, 0.3) is 11.8 Å². The van der Waals surface area contributed by atoms with Gasteiger partial charge in [0.05, 0.1) is 23.3 Å². The molecule has 3 aromatic rings. The van der Waals surface area contributed by atoms with Crippen molar-refractivity contribution in [2.24, 2.45) is 0 Å². The van der Waals surface area contributed by atoms with Crippen molar-refractivity contribution in [3.05, 3.63) is 79.3 Å². The van der Waals surface area contributed by atoms with Crippen molar-refractivity contribution in [3.63, 3.8) is 0 Å². The van der Waals surface area contributed by atoms with E-state index in [1.807, 2.05) is 36.6 Å². The van der Waals surface area contributed by atoms with E-state index in [2.05, 4.69) is 0 Å². The average molecular weight is 502 g/mol. The van der Waals surface area contributed by atoms with Gasteiger partial charge in [-0.25, -0.2) is 9.59 Å². The first-order chi connectivity index (χ1) is 17.1. The molecule has 182 valence electrons. The Kier molecular flexibility index (Phi) is 7.88. The topological polar surface area (TPSA) is 133 Å². The largest absolute Gasteiger partial charge is 0.478 e. The summed E-state index contributed by atoms with van der Waals surface area (Å²) < 4.78 is 6.88. The second-order valence-corrected chi connectivity index (χ2v) is 9.08. The Morgan fingerprint density at radius 2 is 1.89 bits per heavy atom. The first kappa shape index (κ1) is 26.1. The molecule has 0 unspecified atom stereocenters. The number of benzene rings is 1. The van der Waals surface area contributed by atoms with Gasteiger partial charge in [-0.1, -0.05) is 6.07 Å². The van der Waals surface area contributed by atoms with Gasteiger partial charge in [-0.05, 0) is 69.2 Å². The number of ketones is 1. The summed E-state index contributed by atoms with van der Waals surface area (Å²) in [5.74, 6) is -2.07. The van der Waals surface area contributed by atoms with Crippen LogP contribution in [0.3, 0.4) is 0 Å². The molecule has 0 aliphatic heterocycles. The van der Waals surface area contributed by atoms with E-state index in [1.165, 1.54) is 12.1 Å². The van der Waals surface area contributed by atoms with E-state index in [1.54, 1.807) is 32.0 Å². The van der Waals surface area contributed by atoms with Crippen molar-refractivity contribution in [3.8, 4) is 17.8 Å². The highest BCUT2D eigenvalue weighted by atomic mass is 32.1. The van der Waals surface area contributed by atoms with E-state index in [4.69, 9.17) is 4.74 Å². The third-order valence-electron chi connectivity index (χ3n) is 5.66. The zero-order valence-corrected chi connectivity index (χ0v) is 21.0. The molecule has 36 heavy (non-hydrogen) atoms. The van der Waals surface area contributed by atoms with Crippen LogP contribution in [-0.4, -0.2) is 34.0 Å². The molecule has 9 heteroatoms.